The summed E-state index contributed by atoms with van der Waals surface area (Å²) in [6.07, 6.45) is 5.22. The van der Waals surface area contributed by atoms with Gasteiger partial charge in [0.2, 0.25) is 0 Å². The van der Waals surface area contributed by atoms with Gasteiger partial charge in [0.25, 0.3) is 0 Å². The summed E-state index contributed by atoms with van der Waals surface area (Å²) in [4.78, 5) is 0. The molecule has 94 valence electrons. The van der Waals surface area contributed by atoms with Crippen LogP contribution in [0.5, 0.6) is 0 Å². The van der Waals surface area contributed by atoms with Crippen molar-refractivity contribution in [3.05, 3.63) is 81.7 Å². The van der Waals surface area contributed by atoms with E-state index < -0.39 is 5.89 Å². The summed E-state index contributed by atoms with van der Waals surface area (Å²) >= 11 is 0. The second kappa shape index (κ2) is 3.61. The van der Waals surface area contributed by atoms with Crippen LogP contribution in [-0.4, -0.2) is 0 Å². The summed E-state index contributed by atoms with van der Waals surface area (Å²) in [7, 11) is 0. The first-order valence-corrected chi connectivity index (χ1v) is 7.11. The summed E-state index contributed by atoms with van der Waals surface area (Å²) in [5.41, 5.74) is 3.51. The van der Waals surface area contributed by atoms with Crippen molar-refractivity contribution in [1.29, 1.82) is 0 Å². The quantitative estimate of drug-likeness (QED) is 0.578. The van der Waals surface area contributed by atoms with E-state index in [1.54, 1.807) is 0 Å². The lowest BCUT2D eigenvalue weighted by atomic mass is 9.76. The Hall–Kier alpha value is -2.34. The minimum Gasteiger partial charge on any atom is -0.0757 e. The average Bonchev–Trinajstić information content (AvgIpc) is 2.53. The molecule has 0 heteroatoms. The molecule has 20 heavy (non-hydrogen) atoms. The van der Waals surface area contributed by atoms with Crippen molar-refractivity contribution < 1.29 is 1.37 Å². The van der Waals surface area contributed by atoms with Crippen molar-refractivity contribution in [1.82, 2.24) is 0 Å². The minimum atomic E-state index is -0.644. The molecule has 1 atom stereocenters. The van der Waals surface area contributed by atoms with Crippen molar-refractivity contribution >= 4 is 22.9 Å². The standard InChI is InChI=1S/C20H14/c1-2-7-17-15(4-1)12-16-9-8-13-5-3-6-14-10-11-18(17)20(16)19(13)14/h1-10,12,18H,11H2/i18D. The van der Waals surface area contributed by atoms with E-state index in [-0.39, 0.29) is 0 Å². The number of rotatable bonds is 0. The number of hydrogen-bond donors (Lipinski definition) is 0. The lowest BCUT2D eigenvalue weighted by molar-refractivity contribution is 0.836. The van der Waals surface area contributed by atoms with Gasteiger partial charge >= 0.3 is 0 Å². The van der Waals surface area contributed by atoms with Gasteiger partial charge in [0, 0.05) is 7.26 Å². The second-order valence-corrected chi connectivity index (χ2v) is 5.59. The fraction of sp³-hybridized carbons (Fsp3) is 0.100. The van der Waals surface area contributed by atoms with Gasteiger partial charge in [-0.1, -0.05) is 60.7 Å². The van der Waals surface area contributed by atoms with Crippen LogP contribution in [0.2, 0.25) is 0 Å². The molecule has 5 rings (SSSR count). The van der Waals surface area contributed by atoms with Crippen molar-refractivity contribution in [2.24, 2.45) is 0 Å². The van der Waals surface area contributed by atoms with Crippen LogP contribution in [0.4, 0.5) is 0 Å². The van der Waals surface area contributed by atoms with E-state index in [4.69, 9.17) is 0 Å². The summed E-state index contributed by atoms with van der Waals surface area (Å²) in [5.74, 6) is -0.644. The van der Waals surface area contributed by atoms with Gasteiger partial charge in [0.05, 0.1) is 0 Å². The van der Waals surface area contributed by atoms with Crippen LogP contribution in [0.15, 0.2) is 54.6 Å². The molecular formula is C20H14. The highest BCUT2D eigenvalue weighted by atomic mass is 14.3. The van der Waals surface area contributed by atoms with E-state index >= 15 is 0 Å². The fourth-order valence-corrected chi connectivity index (χ4v) is 3.66. The molecule has 3 aromatic carbocycles. The lowest BCUT2D eigenvalue weighted by Crippen LogP contribution is -2.26. The Bertz CT molecular complexity index is 1030. The third kappa shape index (κ3) is 1.21. The van der Waals surface area contributed by atoms with E-state index in [0.717, 1.165) is 12.0 Å². The van der Waals surface area contributed by atoms with Crippen molar-refractivity contribution in [2.75, 3.05) is 0 Å². The highest BCUT2D eigenvalue weighted by molar-refractivity contribution is 5.90. The molecule has 0 heterocycles. The van der Waals surface area contributed by atoms with E-state index in [2.05, 4.69) is 66.7 Å². The first kappa shape index (κ1) is 9.55. The Kier molecular flexibility index (Phi) is 1.72. The largest absolute Gasteiger partial charge is 0.0757 e. The average molecular weight is 255 g/mol. The van der Waals surface area contributed by atoms with Gasteiger partial charge in [-0.3, -0.25) is 0 Å². The highest BCUT2D eigenvalue weighted by Gasteiger charge is 2.24. The first-order chi connectivity index (χ1) is 10.3. The van der Waals surface area contributed by atoms with E-state index in [9.17, 15) is 1.37 Å². The predicted octanol–water partition coefficient (Wildman–Crippen LogP) is 3.30. The molecule has 1 unspecified atom stereocenters. The third-order valence-electron chi connectivity index (χ3n) is 4.53. The maximum Gasteiger partial charge on any atom is 0.0406 e. The van der Waals surface area contributed by atoms with Crippen molar-refractivity contribution in [3.8, 4) is 0 Å². The maximum absolute atomic E-state index is 9.21. The molecule has 0 saturated carbocycles. The van der Waals surface area contributed by atoms with Crippen LogP contribution in [0.25, 0.3) is 22.9 Å². The Morgan fingerprint density at radius 1 is 0.900 bits per heavy atom. The van der Waals surface area contributed by atoms with Gasteiger partial charge in [0.15, 0.2) is 0 Å². The van der Waals surface area contributed by atoms with Gasteiger partial charge in [-0.05, 0) is 50.4 Å². The highest BCUT2D eigenvalue weighted by Crippen LogP contribution is 2.36. The predicted molar refractivity (Wildman–Crippen MR) is 84.1 cm³/mol. The summed E-state index contributed by atoms with van der Waals surface area (Å²) < 4.78 is 9.21. The molecule has 0 aromatic heterocycles. The molecule has 0 aliphatic heterocycles. The smallest absolute Gasteiger partial charge is 0.0406 e. The van der Waals surface area contributed by atoms with Gasteiger partial charge in [-0.15, -0.1) is 0 Å². The van der Waals surface area contributed by atoms with Crippen LogP contribution in [-0.2, 0) is 0 Å². The Morgan fingerprint density at radius 3 is 2.85 bits per heavy atom. The van der Waals surface area contributed by atoms with E-state index in [0.29, 0.717) is 0 Å². The van der Waals surface area contributed by atoms with Crippen LogP contribution in [0.3, 0.4) is 0 Å². The maximum atomic E-state index is 9.21. The number of hydrogen-bond acceptors (Lipinski definition) is 0. The molecule has 2 aliphatic rings. The molecule has 0 amide bonds. The van der Waals surface area contributed by atoms with Crippen LogP contribution in [0, 0.1) is 0 Å². The van der Waals surface area contributed by atoms with Gasteiger partial charge in [-0.25, -0.2) is 0 Å². The molecule has 0 spiro atoms. The molecule has 0 N–H and O–H groups in total. The SMILES string of the molecule is [2H]C12CC=c3cccc4ccc(c1c34)=Cc1ccccc12. The second-order valence-electron chi connectivity index (χ2n) is 5.59. The molecular weight excluding hydrogens is 240 g/mol. The lowest BCUT2D eigenvalue weighted by Gasteiger charge is -2.27. The zero-order chi connectivity index (χ0) is 14.0. The first-order valence-electron chi connectivity index (χ1n) is 7.61. The van der Waals surface area contributed by atoms with Crippen LogP contribution in [0.1, 0.15) is 30.4 Å². The summed E-state index contributed by atoms with van der Waals surface area (Å²) in [6, 6.07) is 19.1. The Morgan fingerprint density at radius 2 is 1.85 bits per heavy atom. The Balaban J connectivity index is 2.09. The summed E-state index contributed by atoms with van der Waals surface area (Å²) in [5, 5.41) is 4.99. The molecule has 0 radical (unpaired) electrons. The minimum absolute atomic E-state index is 0.644. The molecule has 2 aliphatic carbocycles. The van der Waals surface area contributed by atoms with Gasteiger partial charge in [0.1, 0.15) is 0 Å². The number of benzene rings is 3. The fourth-order valence-electron chi connectivity index (χ4n) is 3.66. The van der Waals surface area contributed by atoms with Crippen LogP contribution < -0.4 is 10.4 Å². The topological polar surface area (TPSA) is 0 Å². The molecule has 0 saturated heterocycles. The number of fused-ring (bicyclic) bond motifs is 2. The summed E-state index contributed by atoms with van der Waals surface area (Å²) in [6.45, 7) is 0. The molecule has 0 nitrogen and oxygen atoms in total. The molecule has 0 bridgehead atoms. The van der Waals surface area contributed by atoms with Gasteiger partial charge in [-0.2, -0.15) is 0 Å². The van der Waals surface area contributed by atoms with Crippen LogP contribution >= 0.6 is 0 Å². The zero-order valence-corrected chi connectivity index (χ0v) is 11.1. The third-order valence-corrected chi connectivity index (χ3v) is 4.53. The van der Waals surface area contributed by atoms with E-state index in [1.165, 1.54) is 32.3 Å². The van der Waals surface area contributed by atoms with E-state index in [1.807, 2.05) is 0 Å². The van der Waals surface area contributed by atoms with Crippen molar-refractivity contribution in [3.63, 3.8) is 0 Å². The zero-order valence-electron chi connectivity index (χ0n) is 12.1. The Labute approximate surface area is 119 Å². The molecule has 3 aromatic rings. The van der Waals surface area contributed by atoms with Crippen molar-refractivity contribution in [2.45, 2.75) is 12.3 Å². The van der Waals surface area contributed by atoms with Gasteiger partial charge < -0.3 is 0 Å². The monoisotopic (exact) mass is 255 g/mol. The normalized spacial score (nSPS) is 22.5. The molecule has 0 fully saturated rings.